The van der Waals surface area contributed by atoms with Crippen molar-refractivity contribution >= 4 is 27.6 Å². The van der Waals surface area contributed by atoms with E-state index in [1.807, 2.05) is 0 Å². The van der Waals surface area contributed by atoms with Gasteiger partial charge < -0.3 is 20.4 Å². The predicted molar refractivity (Wildman–Crippen MR) is 124 cm³/mol. The summed E-state index contributed by atoms with van der Waals surface area (Å²) in [5.41, 5.74) is 1.25. The number of rotatable bonds is 8. The quantitative estimate of drug-likeness (QED) is 0.562. The minimum Gasteiger partial charge on any atom is -0.371 e. The van der Waals surface area contributed by atoms with Crippen molar-refractivity contribution in [3.63, 3.8) is 0 Å². The van der Waals surface area contributed by atoms with E-state index in [-0.39, 0.29) is 6.03 Å². The molecule has 1 aromatic carbocycles. The number of urea groups is 1. The highest BCUT2D eigenvalue weighted by atomic mass is 79.9. The Morgan fingerprint density at radius 1 is 1.14 bits per heavy atom. The average Bonchev–Trinajstić information content (AvgIpc) is 3.14. The molecule has 0 bridgehead atoms. The van der Waals surface area contributed by atoms with Crippen molar-refractivity contribution in [3.8, 4) is 0 Å². The van der Waals surface area contributed by atoms with E-state index in [9.17, 15) is 4.79 Å². The first-order valence-corrected chi connectivity index (χ1v) is 12.0. The molecular weight excluding hydrogens is 428 g/mol. The number of hydrogen-bond acceptors (Lipinski definition) is 3. The summed E-state index contributed by atoms with van der Waals surface area (Å²) in [5, 5.41) is 6.09. The zero-order valence-corrected chi connectivity index (χ0v) is 19.6. The molecule has 2 aliphatic heterocycles. The Labute approximate surface area is 184 Å². The average molecular weight is 465 g/mol. The Morgan fingerprint density at radius 3 is 2.69 bits per heavy atom. The molecular formula is C23H37BrN4O. The number of piperidine rings is 1. The maximum absolute atomic E-state index is 12.1. The lowest BCUT2D eigenvalue weighted by atomic mass is 9.92. The molecule has 162 valence electrons. The fourth-order valence-electron chi connectivity index (χ4n) is 4.84. The van der Waals surface area contributed by atoms with Gasteiger partial charge in [0.15, 0.2) is 0 Å². The van der Waals surface area contributed by atoms with Gasteiger partial charge in [0.25, 0.3) is 0 Å². The third-order valence-electron chi connectivity index (χ3n) is 6.14. The molecule has 0 aliphatic carbocycles. The van der Waals surface area contributed by atoms with Gasteiger partial charge in [0.05, 0.1) is 0 Å². The number of benzene rings is 1. The molecule has 2 heterocycles. The Bertz CT molecular complexity index is 646. The first-order valence-electron chi connectivity index (χ1n) is 11.2. The van der Waals surface area contributed by atoms with Gasteiger partial charge in [0, 0.05) is 49.4 Å². The van der Waals surface area contributed by atoms with Crippen molar-refractivity contribution in [2.24, 2.45) is 17.8 Å². The molecule has 6 heteroatoms. The normalized spacial score (nSPS) is 25.2. The summed E-state index contributed by atoms with van der Waals surface area (Å²) in [6.07, 6.45) is 4.69. The summed E-state index contributed by atoms with van der Waals surface area (Å²) in [5.74, 6) is 2.15. The number of carbonyl (C=O) groups is 1. The minimum atomic E-state index is -0.0221. The van der Waals surface area contributed by atoms with E-state index in [4.69, 9.17) is 0 Å². The number of unbranched alkanes of at least 4 members (excludes halogenated alkanes) is 1. The number of likely N-dealkylation sites (tertiary alicyclic amines) is 1. The van der Waals surface area contributed by atoms with Gasteiger partial charge in [0.1, 0.15) is 0 Å². The van der Waals surface area contributed by atoms with Gasteiger partial charge >= 0.3 is 6.03 Å². The first-order chi connectivity index (χ1) is 14.0. The lowest BCUT2D eigenvalue weighted by Gasteiger charge is -2.34. The van der Waals surface area contributed by atoms with Gasteiger partial charge in [-0.1, -0.05) is 35.8 Å². The van der Waals surface area contributed by atoms with Gasteiger partial charge in [-0.05, 0) is 68.2 Å². The number of halogens is 1. The molecule has 0 spiro atoms. The molecule has 2 saturated heterocycles. The van der Waals surface area contributed by atoms with Crippen LogP contribution in [0.3, 0.4) is 0 Å². The lowest BCUT2D eigenvalue weighted by molar-refractivity contribution is 0.139. The highest BCUT2D eigenvalue weighted by Crippen LogP contribution is 2.26. The van der Waals surface area contributed by atoms with Crippen LogP contribution in [-0.2, 0) is 0 Å². The molecule has 3 rings (SSSR count). The summed E-state index contributed by atoms with van der Waals surface area (Å²) in [4.78, 5) is 17.1. The van der Waals surface area contributed by atoms with Gasteiger partial charge in [-0.15, -0.1) is 0 Å². The molecule has 1 aromatic rings. The lowest BCUT2D eigenvalue weighted by Crippen LogP contribution is -2.40. The largest absolute Gasteiger partial charge is 0.371 e. The molecule has 3 atom stereocenters. The first kappa shape index (κ1) is 22.4. The molecule has 0 aromatic heterocycles. The molecule has 5 nitrogen and oxygen atoms in total. The van der Waals surface area contributed by atoms with E-state index in [0.29, 0.717) is 5.92 Å². The Balaban J connectivity index is 1.24. The van der Waals surface area contributed by atoms with E-state index < -0.39 is 0 Å². The molecule has 29 heavy (non-hydrogen) atoms. The summed E-state index contributed by atoms with van der Waals surface area (Å²) in [7, 11) is 0. The van der Waals surface area contributed by atoms with Crippen LogP contribution in [0.25, 0.3) is 0 Å². The molecule has 2 aliphatic rings. The number of nitrogens with one attached hydrogen (secondary N) is 2. The summed E-state index contributed by atoms with van der Waals surface area (Å²) >= 11 is 3.54. The molecule has 2 fully saturated rings. The van der Waals surface area contributed by atoms with Crippen LogP contribution in [-0.4, -0.2) is 56.7 Å². The number of carbonyl (C=O) groups excluding carboxylic acids is 1. The van der Waals surface area contributed by atoms with Crippen LogP contribution in [0.15, 0.2) is 28.7 Å². The van der Waals surface area contributed by atoms with Crippen LogP contribution in [0, 0.1) is 17.8 Å². The van der Waals surface area contributed by atoms with Crippen molar-refractivity contribution in [2.75, 3.05) is 50.7 Å². The number of anilines is 1. The molecule has 0 saturated carbocycles. The van der Waals surface area contributed by atoms with Crippen molar-refractivity contribution in [3.05, 3.63) is 28.7 Å². The van der Waals surface area contributed by atoms with Crippen LogP contribution < -0.4 is 15.5 Å². The highest BCUT2D eigenvalue weighted by Gasteiger charge is 2.23. The van der Waals surface area contributed by atoms with Crippen LogP contribution in [0.5, 0.6) is 0 Å². The van der Waals surface area contributed by atoms with Crippen molar-refractivity contribution in [2.45, 2.75) is 39.5 Å². The van der Waals surface area contributed by atoms with Crippen LogP contribution in [0.4, 0.5) is 10.5 Å². The van der Waals surface area contributed by atoms with Crippen molar-refractivity contribution in [1.82, 2.24) is 15.5 Å². The van der Waals surface area contributed by atoms with Crippen molar-refractivity contribution < 1.29 is 4.79 Å². The second-order valence-corrected chi connectivity index (χ2v) is 10.0. The van der Waals surface area contributed by atoms with Crippen molar-refractivity contribution in [1.29, 1.82) is 0 Å². The van der Waals surface area contributed by atoms with Crippen LogP contribution in [0.1, 0.15) is 39.5 Å². The molecule has 2 amide bonds. The number of nitrogens with zero attached hydrogens (tertiary/aromatic N) is 2. The van der Waals surface area contributed by atoms with Gasteiger partial charge in [-0.2, -0.15) is 0 Å². The molecule has 0 radical (unpaired) electrons. The second-order valence-electron chi connectivity index (χ2n) is 9.13. The number of amides is 2. The predicted octanol–water partition coefficient (Wildman–Crippen LogP) is 4.33. The second kappa shape index (κ2) is 11.2. The Hall–Kier alpha value is -1.27. The van der Waals surface area contributed by atoms with Gasteiger partial charge in [0.2, 0.25) is 0 Å². The fraction of sp³-hybridized carbons (Fsp3) is 0.696. The van der Waals surface area contributed by atoms with Gasteiger partial charge in [-0.25, -0.2) is 4.79 Å². The fourth-order valence-corrected chi connectivity index (χ4v) is 5.23. The zero-order chi connectivity index (χ0) is 20.6. The zero-order valence-electron chi connectivity index (χ0n) is 18.0. The monoisotopic (exact) mass is 464 g/mol. The third-order valence-corrected chi connectivity index (χ3v) is 6.63. The van der Waals surface area contributed by atoms with E-state index in [1.54, 1.807) is 0 Å². The van der Waals surface area contributed by atoms with E-state index in [1.165, 1.54) is 25.2 Å². The van der Waals surface area contributed by atoms with E-state index >= 15 is 0 Å². The minimum absolute atomic E-state index is 0.0221. The maximum Gasteiger partial charge on any atom is 0.314 e. The molecule has 3 unspecified atom stereocenters. The summed E-state index contributed by atoms with van der Waals surface area (Å²) in [6, 6.07) is 8.42. The number of hydrogen-bond donors (Lipinski definition) is 2. The van der Waals surface area contributed by atoms with Crippen LogP contribution in [0.2, 0.25) is 0 Å². The van der Waals surface area contributed by atoms with E-state index in [2.05, 4.69) is 74.5 Å². The smallest absolute Gasteiger partial charge is 0.314 e. The Morgan fingerprint density at radius 2 is 1.93 bits per heavy atom. The highest BCUT2D eigenvalue weighted by molar-refractivity contribution is 9.10. The Kier molecular flexibility index (Phi) is 8.67. The van der Waals surface area contributed by atoms with E-state index in [0.717, 1.165) is 68.3 Å². The topological polar surface area (TPSA) is 47.6 Å². The standard InChI is InChI=1S/C23H37BrN4O/c1-18-12-19(2)16-27(15-18)10-4-3-9-25-23(29)26-14-20-8-11-28(17-20)22-7-5-6-21(24)13-22/h5-7,13,18-20H,3-4,8-12,14-17H2,1-2H3,(H2,25,26,29). The molecule has 2 N–H and O–H groups in total. The van der Waals surface area contributed by atoms with Crippen LogP contribution >= 0.6 is 15.9 Å². The SMILES string of the molecule is CC1CC(C)CN(CCCCNC(=O)NCC2CCN(c3cccc(Br)c3)C2)C1. The van der Waals surface area contributed by atoms with Gasteiger partial charge in [-0.3, -0.25) is 0 Å². The summed E-state index contributed by atoms with van der Waals surface area (Å²) < 4.78 is 1.11. The maximum atomic E-state index is 12.1. The summed E-state index contributed by atoms with van der Waals surface area (Å²) in [6.45, 7) is 11.9. The third kappa shape index (κ3) is 7.49.